The van der Waals surface area contributed by atoms with Crippen molar-refractivity contribution in [3.05, 3.63) is 0 Å². The Balaban J connectivity index is 0. The molecule has 0 heterocycles. The number of thiocarbonyl (C=S) groups is 1. The van der Waals surface area contributed by atoms with Crippen molar-refractivity contribution in [1.29, 1.82) is 0 Å². The first-order valence-corrected chi connectivity index (χ1v) is 13.2. The predicted octanol–water partition coefficient (Wildman–Crippen LogP) is 7.90. The molecule has 0 bridgehead atoms. The Kier molecular flexibility index (Phi) is 24.8. The summed E-state index contributed by atoms with van der Waals surface area (Å²) in [6, 6.07) is 0. The third-order valence-electron chi connectivity index (χ3n) is 5.16. The van der Waals surface area contributed by atoms with Crippen LogP contribution < -0.4 is 5.73 Å². The number of rotatable bonds is 18. The second-order valence-electron chi connectivity index (χ2n) is 7.93. The topological polar surface area (TPSA) is 26.0 Å². The van der Waals surface area contributed by atoms with Gasteiger partial charge in [-0.1, -0.05) is 129 Å². The quantitative estimate of drug-likeness (QED) is 0.0952. The third kappa shape index (κ3) is 19.6. The van der Waals surface area contributed by atoms with Crippen LogP contribution in [0.3, 0.4) is 0 Å². The van der Waals surface area contributed by atoms with E-state index in [0.29, 0.717) is 5.25 Å². The number of nitrogens with two attached hydrogens (primary N) is 1. The standard InChI is InChI=1S/C22H47NS2.Zn/c1-4-5-6-7-8-9-10-11-12-13-14-15-16-17-18-19-20-25(21(2)3)22(23)24;/h21,25H,4-20H2,1-3H3,(H2,23,24);. The molecule has 0 aromatic carbocycles. The SMILES string of the molecule is CCCCCCCCCCCCCCCCCC[SH](C(N)=S)C(C)C.[Zn]. The molecule has 0 radical (unpaired) electrons. The van der Waals surface area contributed by atoms with Gasteiger partial charge < -0.3 is 5.73 Å². The van der Waals surface area contributed by atoms with Crippen LogP contribution >= 0.6 is 23.1 Å². The molecule has 0 aliphatic heterocycles. The molecule has 0 saturated heterocycles. The first kappa shape index (κ1) is 29.1. The van der Waals surface area contributed by atoms with E-state index in [9.17, 15) is 0 Å². The zero-order chi connectivity index (χ0) is 18.8. The van der Waals surface area contributed by atoms with E-state index in [1.807, 2.05) is 0 Å². The monoisotopic (exact) mass is 453 g/mol. The molecule has 0 rings (SSSR count). The first-order chi connectivity index (χ1) is 12.1. The minimum absolute atomic E-state index is 0. The van der Waals surface area contributed by atoms with Gasteiger partial charge >= 0.3 is 0 Å². The maximum Gasteiger partial charge on any atom is 0.111 e. The molecule has 4 heteroatoms. The van der Waals surface area contributed by atoms with Crippen LogP contribution in [0.4, 0.5) is 0 Å². The summed E-state index contributed by atoms with van der Waals surface area (Å²) in [6.45, 7) is 6.81. The molecule has 1 atom stereocenters. The fraction of sp³-hybridized carbons (Fsp3) is 0.955. The molecule has 0 aromatic heterocycles. The summed E-state index contributed by atoms with van der Waals surface area (Å²) in [4.78, 5) is 0. The predicted molar refractivity (Wildman–Crippen MR) is 125 cm³/mol. The molecule has 2 N–H and O–H groups in total. The Hall–Kier alpha value is 0.863. The van der Waals surface area contributed by atoms with Crippen molar-refractivity contribution in [3.8, 4) is 0 Å². The van der Waals surface area contributed by atoms with E-state index in [2.05, 4.69) is 20.8 Å². The largest absolute Gasteiger partial charge is 0.386 e. The average molecular weight is 455 g/mol. The molecule has 0 fully saturated rings. The fourth-order valence-corrected chi connectivity index (χ4v) is 6.17. The van der Waals surface area contributed by atoms with Gasteiger partial charge in [0.1, 0.15) is 4.32 Å². The van der Waals surface area contributed by atoms with Crippen LogP contribution in [-0.4, -0.2) is 15.3 Å². The minimum atomic E-state index is -0.212. The molecule has 154 valence electrons. The summed E-state index contributed by atoms with van der Waals surface area (Å²) < 4.78 is 0.783. The molecule has 1 nitrogen and oxygen atoms in total. The molecule has 1 unspecified atom stereocenters. The van der Waals surface area contributed by atoms with Crippen LogP contribution in [0.2, 0.25) is 0 Å². The first-order valence-electron chi connectivity index (χ1n) is 11.2. The van der Waals surface area contributed by atoms with Crippen molar-refractivity contribution in [3.63, 3.8) is 0 Å². The number of hydrogen-bond acceptors (Lipinski definition) is 1. The molecular formula is C22H47NS2Zn. The molecule has 26 heavy (non-hydrogen) atoms. The fourth-order valence-electron chi connectivity index (χ4n) is 3.45. The van der Waals surface area contributed by atoms with Crippen molar-refractivity contribution in [1.82, 2.24) is 0 Å². The van der Waals surface area contributed by atoms with Gasteiger partial charge in [0.2, 0.25) is 0 Å². The van der Waals surface area contributed by atoms with Gasteiger partial charge in [-0.3, -0.25) is 0 Å². The summed E-state index contributed by atoms with van der Waals surface area (Å²) >= 11 is 5.21. The van der Waals surface area contributed by atoms with Crippen LogP contribution in [0.5, 0.6) is 0 Å². The van der Waals surface area contributed by atoms with E-state index in [-0.39, 0.29) is 30.4 Å². The summed E-state index contributed by atoms with van der Waals surface area (Å²) in [5, 5.41) is 0.656. The summed E-state index contributed by atoms with van der Waals surface area (Å²) in [7, 11) is -0.212. The van der Waals surface area contributed by atoms with Crippen LogP contribution in [0.15, 0.2) is 0 Å². The van der Waals surface area contributed by atoms with Crippen molar-refractivity contribution >= 4 is 27.4 Å². The third-order valence-corrected chi connectivity index (χ3v) is 8.47. The normalized spacial score (nSPS) is 12.8. The van der Waals surface area contributed by atoms with E-state index >= 15 is 0 Å². The second-order valence-corrected chi connectivity index (χ2v) is 11.6. The Bertz CT molecular complexity index is 298. The van der Waals surface area contributed by atoms with Crippen molar-refractivity contribution in [2.24, 2.45) is 5.73 Å². The molecule has 0 aliphatic rings. The smallest absolute Gasteiger partial charge is 0.111 e. The minimum Gasteiger partial charge on any atom is -0.386 e. The van der Waals surface area contributed by atoms with Crippen LogP contribution in [0.1, 0.15) is 124 Å². The van der Waals surface area contributed by atoms with Gasteiger partial charge in [0.05, 0.1) is 0 Å². The Morgan fingerprint density at radius 1 is 0.692 bits per heavy atom. The van der Waals surface area contributed by atoms with Crippen LogP contribution in [0, 0.1) is 0 Å². The molecule has 0 aromatic rings. The second kappa shape index (κ2) is 22.2. The van der Waals surface area contributed by atoms with E-state index in [1.165, 1.54) is 108 Å². The Morgan fingerprint density at radius 2 is 1.00 bits per heavy atom. The Morgan fingerprint density at radius 3 is 1.27 bits per heavy atom. The molecule has 0 saturated carbocycles. The van der Waals surface area contributed by atoms with Crippen LogP contribution in [-0.2, 0) is 19.5 Å². The maximum atomic E-state index is 5.86. The zero-order valence-electron chi connectivity index (χ0n) is 18.2. The van der Waals surface area contributed by atoms with Gasteiger partial charge in [-0.15, -0.1) is 0 Å². The summed E-state index contributed by atoms with van der Waals surface area (Å²) in [5.74, 6) is 1.25. The van der Waals surface area contributed by atoms with Gasteiger partial charge in [0, 0.05) is 19.5 Å². The van der Waals surface area contributed by atoms with Crippen molar-refractivity contribution in [2.45, 2.75) is 129 Å². The van der Waals surface area contributed by atoms with E-state index in [4.69, 9.17) is 18.0 Å². The number of hydrogen-bond donors (Lipinski definition) is 2. The van der Waals surface area contributed by atoms with Gasteiger partial charge in [-0.2, -0.15) is 10.9 Å². The summed E-state index contributed by atoms with van der Waals surface area (Å²) in [5.41, 5.74) is 5.86. The van der Waals surface area contributed by atoms with E-state index in [0.717, 1.165) is 4.32 Å². The molecule has 0 spiro atoms. The van der Waals surface area contributed by atoms with Crippen LogP contribution in [0.25, 0.3) is 0 Å². The van der Waals surface area contributed by atoms with Gasteiger partial charge in [-0.05, 0) is 17.4 Å². The Labute approximate surface area is 186 Å². The van der Waals surface area contributed by atoms with E-state index in [1.54, 1.807) is 0 Å². The number of unbranched alkanes of at least 4 members (excludes halogenated alkanes) is 15. The zero-order valence-corrected chi connectivity index (χ0v) is 22.9. The van der Waals surface area contributed by atoms with Gasteiger partial charge in [-0.25, -0.2) is 0 Å². The maximum absolute atomic E-state index is 5.86. The van der Waals surface area contributed by atoms with Gasteiger partial charge in [0.15, 0.2) is 0 Å². The average Bonchev–Trinajstić information content (AvgIpc) is 2.57. The molecule has 0 aliphatic carbocycles. The van der Waals surface area contributed by atoms with Crippen molar-refractivity contribution < 1.29 is 19.5 Å². The van der Waals surface area contributed by atoms with Gasteiger partial charge in [0.25, 0.3) is 0 Å². The molecule has 0 amide bonds. The van der Waals surface area contributed by atoms with E-state index < -0.39 is 0 Å². The number of thiol groups is 1. The summed E-state index contributed by atoms with van der Waals surface area (Å²) in [6.07, 6.45) is 22.9. The molecular weight excluding hydrogens is 408 g/mol. The van der Waals surface area contributed by atoms with Crippen molar-refractivity contribution in [2.75, 3.05) is 5.75 Å².